The maximum absolute atomic E-state index is 13.3. The molecule has 0 saturated carbocycles. The minimum Gasteiger partial charge on any atom is -0.386 e. The number of hydrogen-bond donors (Lipinski definition) is 0. The van der Waals surface area contributed by atoms with Crippen molar-refractivity contribution in [3.05, 3.63) is 60.2 Å². The van der Waals surface area contributed by atoms with Gasteiger partial charge in [0, 0.05) is 6.07 Å². The number of halogens is 2. The molecule has 0 amide bonds. The molecule has 0 aliphatic rings. The summed E-state index contributed by atoms with van der Waals surface area (Å²) in [4.78, 5) is -0.221. The smallest absolute Gasteiger partial charge is 0.334 e. The van der Waals surface area contributed by atoms with Crippen LogP contribution in [0.2, 0.25) is 0 Å². The summed E-state index contributed by atoms with van der Waals surface area (Å²) in [6.45, 7) is 0. The molecule has 0 saturated heterocycles. The minimum atomic E-state index is -4.27. The van der Waals surface area contributed by atoms with E-state index in [0.717, 1.165) is 12.1 Å². The lowest BCUT2D eigenvalue weighted by atomic mass is 10.3. The molecule has 8 heteroatoms. The van der Waals surface area contributed by atoms with E-state index in [-0.39, 0.29) is 4.90 Å². The second-order valence-corrected chi connectivity index (χ2v) is 7.72. The molecular weight excluding hydrogens is 310 g/mol. The summed E-state index contributed by atoms with van der Waals surface area (Å²) in [5.41, 5.74) is 0. The number of benzene rings is 2. The highest BCUT2D eigenvalue weighted by atomic mass is 33.2. The Morgan fingerprint density at radius 2 is 1.65 bits per heavy atom. The van der Waals surface area contributed by atoms with Crippen LogP contribution >= 0.6 is 0 Å². The Kier molecular flexibility index (Phi) is 4.15. The average Bonchev–Trinajstić information content (AvgIpc) is 2.42. The van der Waals surface area contributed by atoms with Crippen molar-refractivity contribution in [2.45, 2.75) is 4.90 Å². The largest absolute Gasteiger partial charge is 0.386 e. The molecule has 0 fully saturated rings. The van der Waals surface area contributed by atoms with Crippen LogP contribution in [-0.2, 0) is 19.0 Å². The van der Waals surface area contributed by atoms with Crippen molar-refractivity contribution in [3.8, 4) is 5.75 Å². The van der Waals surface area contributed by atoms with Crippen molar-refractivity contribution in [3.63, 3.8) is 0 Å². The zero-order valence-electron chi connectivity index (χ0n) is 9.82. The summed E-state index contributed by atoms with van der Waals surface area (Å²) in [6, 6.07) is 9.18. The van der Waals surface area contributed by atoms with Gasteiger partial charge in [0.1, 0.15) is 5.82 Å². The van der Waals surface area contributed by atoms with E-state index in [1.54, 1.807) is 6.07 Å². The molecule has 0 spiro atoms. The summed E-state index contributed by atoms with van der Waals surface area (Å²) in [5, 5.41) is 0. The molecule has 2 aromatic rings. The van der Waals surface area contributed by atoms with Crippen LogP contribution in [0.15, 0.2) is 53.4 Å². The molecule has 0 radical (unpaired) electrons. The Balaban J connectivity index is 2.28. The monoisotopic (exact) mass is 318 g/mol. The van der Waals surface area contributed by atoms with E-state index in [0.29, 0.717) is 6.07 Å². The third-order valence-corrected chi connectivity index (χ3v) is 5.64. The molecule has 0 heterocycles. The average molecular weight is 318 g/mol. The first-order valence-corrected chi connectivity index (χ1v) is 8.34. The first kappa shape index (κ1) is 14.6. The Morgan fingerprint density at radius 1 is 1.00 bits per heavy atom. The van der Waals surface area contributed by atoms with Gasteiger partial charge in [0.15, 0.2) is 11.6 Å². The van der Waals surface area contributed by atoms with E-state index in [1.807, 2.05) is 0 Å². The van der Waals surface area contributed by atoms with Crippen molar-refractivity contribution in [2.24, 2.45) is 0 Å². The van der Waals surface area contributed by atoms with Gasteiger partial charge in [-0.25, -0.2) is 17.2 Å². The fraction of sp³-hybridized carbons (Fsp3) is 0. The lowest BCUT2D eigenvalue weighted by molar-refractivity contribution is 0.504. The second kappa shape index (κ2) is 5.68. The second-order valence-electron chi connectivity index (χ2n) is 3.63. The summed E-state index contributed by atoms with van der Waals surface area (Å²) in [5.74, 6) is -2.60. The molecule has 4 nitrogen and oxygen atoms in total. The maximum atomic E-state index is 13.3. The van der Waals surface area contributed by atoms with Gasteiger partial charge >= 0.3 is 10.1 Å². The van der Waals surface area contributed by atoms with Gasteiger partial charge in [0.05, 0.1) is 4.90 Å². The molecular formula is C12H8F2O4S2. The highest BCUT2D eigenvalue weighted by Gasteiger charge is 2.26. The van der Waals surface area contributed by atoms with Gasteiger partial charge in [0.2, 0.25) is 0 Å². The first-order valence-electron chi connectivity index (χ1n) is 5.27. The summed E-state index contributed by atoms with van der Waals surface area (Å²) in [7, 11) is -7.11. The van der Waals surface area contributed by atoms with E-state index >= 15 is 0 Å². The predicted molar refractivity (Wildman–Crippen MR) is 68.8 cm³/mol. The lowest BCUT2D eigenvalue weighted by Gasteiger charge is -2.06. The Hall–Kier alpha value is -1.80. The topological polar surface area (TPSA) is 60.4 Å². The van der Waals surface area contributed by atoms with Crippen LogP contribution in [0.25, 0.3) is 0 Å². The molecule has 1 atom stereocenters. The third-order valence-electron chi connectivity index (χ3n) is 2.26. The van der Waals surface area contributed by atoms with Crippen LogP contribution in [-0.4, -0.2) is 12.6 Å². The van der Waals surface area contributed by atoms with Crippen molar-refractivity contribution in [1.29, 1.82) is 0 Å². The lowest BCUT2D eigenvalue weighted by Crippen LogP contribution is -2.14. The molecule has 2 aromatic carbocycles. The van der Waals surface area contributed by atoms with Crippen molar-refractivity contribution in [2.75, 3.05) is 0 Å². The summed E-state index contributed by atoms with van der Waals surface area (Å²) >= 11 is 0. The molecule has 2 rings (SSSR count). The first-order chi connectivity index (χ1) is 9.41. The number of hydrogen-bond acceptors (Lipinski definition) is 4. The molecule has 20 heavy (non-hydrogen) atoms. The van der Waals surface area contributed by atoms with Crippen LogP contribution in [0, 0.1) is 11.6 Å². The molecule has 0 aliphatic heterocycles. The van der Waals surface area contributed by atoms with Crippen molar-refractivity contribution >= 4 is 19.0 Å². The van der Waals surface area contributed by atoms with Crippen molar-refractivity contribution < 1.29 is 25.6 Å². The quantitative estimate of drug-likeness (QED) is 0.812. The van der Waals surface area contributed by atoms with Gasteiger partial charge in [-0.05, 0) is 24.3 Å². The fourth-order valence-electron chi connectivity index (χ4n) is 1.33. The van der Waals surface area contributed by atoms with E-state index in [2.05, 4.69) is 4.18 Å². The molecule has 0 aromatic heterocycles. The maximum Gasteiger partial charge on any atom is 0.334 e. The minimum absolute atomic E-state index is 0.221. The highest BCUT2D eigenvalue weighted by Crippen LogP contribution is 2.22. The van der Waals surface area contributed by atoms with Gasteiger partial charge in [-0.1, -0.05) is 18.2 Å². The highest BCUT2D eigenvalue weighted by molar-refractivity contribution is 8.62. The van der Waals surface area contributed by atoms with E-state index in [9.17, 15) is 21.4 Å². The predicted octanol–water partition coefficient (Wildman–Crippen LogP) is 2.40. The van der Waals surface area contributed by atoms with Crippen LogP contribution in [0.5, 0.6) is 5.75 Å². The SMILES string of the molecule is O=S(Oc1ccc(F)cc1F)S(=O)(=O)c1ccccc1. The Bertz CT molecular complexity index is 745. The Morgan fingerprint density at radius 3 is 2.25 bits per heavy atom. The van der Waals surface area contributed by atoms with Crippen LogP contribution in [0.3, 0.4) is 0 Å². The van der Waals surface area contributed by atoms with Gasteiger partial charge < -0.3 is 4.18 Å². The molecule has 0 bridgehead atoms. The molecule has 1 unspecified atom stereocenters. The number of rotatable bonds is 4. The van der Waals surface area contributed by atoms with E-state index in [1.165, 1.54) is 24.3 Å². The summed E-state index contributed by atoms with van der Waals surface area (Å²) < 4.78 is 66.1. The molecule has 0 aliphatic carbocycles. The third kappa shape index (κ3) is 3.02. The molecule has 0 N–H and O–H groups in total. The Labute approximate surface area is 116 Å². The van der Waals surface area contributed by atoms with Gasteiger partial charge in [-0.15, -0.1) is 0 Å². The van der Waals surface area contributed by atoms with Gasteiger partial charge in [-0.2, -0.15) is 4.21 Å². The van der Waals surface area contributed by atoms with Crippen molar-refractivity contribution in [1.82, 2.24) is 0 Å². The summed E-state index contributed by atoms with van der Waals surface area (Å²) in [6.07, 6.45) is 0. The van der Waals surface area contributed by atoms with Crippen LogP contribution in [0.4, 0.5) is 8.78 Å². The standard InChI is InChI=1S/C12H8F2O4S2/c13-9-6-7-12(11(14)8-9)18-19(15)20(16,17)10-4-2-1-3-5-10/h1-8H. The molecule has 106 valence electrons. The van der Waals surface area contributed by atoms with Crippen LogP contribution in [0.1, 0.15) is 0 Å². The van der Waals surface area contributed by atoms with Gasteiger partial charge in [-0.3, -0.25) is 0 Å². The zero-order valence-corrected chi connectivity index (χ0v) is 11.5. The normalized spacial score (nSPS) is 12.9. The van der Waals surface area contributed by atoms with E-state index in [4.69, 9.17) is 0 Å². The fourth-order valence-corrected chi connectivity index (χ4v) is 3.64. The van der Waals surface area contributed by atoms with Crippen LogP contribution < -0.4 is 4.18 Å². The zero-order chi connectivity index (χ0) is 14.8. The van der Waals surface area contributed by atoms with E-state index < -0.39 is 36.4 Å². The van der Waals surface area contributed by atoms with Gasteiger partial charge in [0.25, 0.3) is 8.87 Å².